The Morgan fingerprint density at radius 1 is 1.31 bits per heavy atom. The minimum Gasteiger partial charge on any atom is -0.448 e. The van der Waals surface area contributed by atoms with Crippen molar-refractivity contribution in [3.05, 3.63) is 52.1 Å². The summed E-state index contributed by atoms with van der Waals surface area (Å²) >= 11 is 5.85. The molecule has 0 fully saturated rings. The number of furan rings is 1. The van der Waals surface area contributed by atoms with Gasteiger partial charge in [-0.2, -0.15) is 0 Å². The Morgan fingerprint density at radius 2 is 2.19 bits per heavy atom. The second-order valence-electron chi connectivity index (χ2n) is 3.38. The van der Waals surface area contributed by atoms with Crippen LogP contribution in [-0.4, -0.2) is 9.55 Å². The van der Waals surface area contributed by atoms with Gasteiger partial charge in [0.2, 0.25) is 5.88 Å². The Kier molecular flexibility index (Phi) is 1.91. The monoisotopic (exact) mass is 234 g/mol. The second kappa shape index (κ2) is 3.28. The molecule has 0 aliphatic rings. The number of hydrogen-bond acceptors (Lipinski definition) is 2. The van der Waals surface area contributed by atoms with Crippen molar-refractivity contribution in [2.24, 2.45) is 0 Å². The molecule has 0 spiro atoms. The molecule has 16 heavy (non-hydrogen) atoms. The molecule has 0 radical (unpaired) electrons. The predicted molar refractivity (Wildman–Crippen MR) is 61.2 cm³/mol. The maximum absolute atomic E-state index is 11.8. The fraction of sp³-hybridized carbons (Fsp3) is 0. The first-order chi connectivity index (χ1) is 7.75. The van der Waals surface area contributed by atoms with Gasteiger partial charge in [0.05, 0.1) is 17.3 Å². The van der Waals surface area contributed by atoms with E-state index in [-0.39, 0.29) is 5.69 Å². The molecule has 1 aromatic carbocycles. The topological polar surface area (TPSA) is 50.9 Å². The molecule has 0 saturated heterocycles. The number of nitrogens with one attached hydrogen (secondary N) is 1. The minimum absolute atomic E-state index is 0.243. The molecule has 0 aliphatic heterocycles. The van der Waals surface area contributed by atoms with E-state index in [4.69, 9.17) is 16.0 Å². The zero-order chi connectivity index (χ0) is 11.1. The first-order valence-corrected chi connectivity index (χ1v) is 5.08. The lowest BCUT2D eigenvalue weighted by molar-refractivity contribution is 0.538. The van der Waals surface area contributed by atoms with Crippen molar-refractivity contribution in [3.8, 4) is 5.88 Å². The predicted octanol–water partition coefficient (Wildman–Crippen LogP) is 2.57. The lowest BCUT2D eigenvalue weighted by Crippen LogP contribution is -2.13. The van der Waals surface area contributed by atoms with Gasteiger partial charge in [0.25, 0.3) is 0 Å². The number of imidazole rings is 1. The van der Waals surface area contributed by atoms with Crippen LogP contribution < -0.4 is 5.69 Å². The summed E-state index contributed by atoms with van der Waals surface area (Å²) in [6.45, 7) is 0. The Labute approximate surface area is 95.1 Å². The van der Waals surface area contributed by atoms with Crippen molar-refractivity contribution in [2.45, 2.75) is 0 Å². The summed E-state index contributed by atoms with van der Waals surface area (Å²) in [4.78, 5) is 14.5. The molecule has 3 aromatic rings. The van der Waals surface area contributed by atoms with Gasteiger partial charge in [-0.15, -0.1) is 0 Å². The van der Waals surface area contributed by atoms with Gasteiger partial charge in [-0.1, -0.05) is 11.6 Å². The van der Waals surface area contributed by atoms with Crippen LogP contribution >= 0.6 is 11.6 Å². The van der Waals surface area contributed by atoms with Crippen LogP contribution in [0.25, 0.3) is 16.9 Å². The number of rotatable bonds is 1. The number of hydrogen-bond donors (Lipinski definition) is 1. The van der Waals surface area contributed by atoms with E-state index in [1.54, 1.807) is 30.3 Å². The van der Waals surface area contributed by atoms with Crippen molar-refractivity contribution >= 4 is 22.6 Å². The van der Waals surface area contributed by atoms with Crippen molar-refractivity contribution in [1.82, 2.24) is 9.55 Å². The summed E-state index contributed by atoms with van der Waals surface area (Å²) in [5.74, 6) is 0.485. The first kappa shape index (κ1) is 9.30. The smallest absolute Gasteiger partial charge is 0.333 e. The zero-order valence-electron chi connectivity index (χ0n) is 8.11. The van der Waals surface area contributed by atoms with Crippen molar-refractivity contribution < 1.29 is 4.42 Å². The number of H-pyrrole nitrogens is 1. The number of fused-ring (bicyclic) bond motifs is 1. The lowest BCUT2D eigenvalue weighted by atomic mass is 10.3. The van der Waals surface area contributed by atoms with Crippen LogP contribution in [0.3, 0.4) is 0 Å². The van der Waals surface area contributed by atoms with Crippen LogP contribution in [0.1, 0.15) is 0 Å². The van der Waals surface area contributed by atoms with E-state index in [9.17, 15) is 4.79 Å². The van der Waals surface area contributed by atoms with Gasteiger partial charge >= 0.3 is 5.69 Å². The van der Waals surface area contributed by atoms with Crippen molar-refractivity contribution in [1.29, 1.82) is 0 Å². The molecule has 3 rings (SSSR count). The van der Waals surface area contributed by atoms with Gasteiger partial charge in [0.15, 0.2) is 0 Å². The second-order valence-corrected chi connectivity index (χ2v) is 3.81. The molecule has 0 aliphatic carbocycles. The minimum atomic E-state index is -0.243. The Hall–Kier alpha value is -1.94. The van der Waals surface area contributed by atoms with E-state index in [0.29, 0.717) is 16.4 Å². The molecule has 0 bridgehead atoms. The third-order valence-electron chi connectivity index (χ3n) is 2.37. The highest BCUT2D eigenvalue weighted by molar-refractivity contribution is 6.31. The fourth-order valence-electron chi connectivity index (χ4n) is 1.70. The molecule has 0 saturated carbocycles. The van der Waals surface area contributed by atoms with Gasteiger partial charge in [-0.05, 0) is 24.3 Å². The summed E-state index contributed by atoms with van der Waals surface area (Å²) in [7, 11) is 0. The molecule has 2 heterocycles. The summed E-state index contributed by atoms with van der Waals surface area (Å²) in [5, 5.41) is 0.584. The third-order valence-corrected chi connectivity index (χ3v) is 2.61. The number of aromatic amines is 1. The van der Waals surface area contributed by atoms with Crippen LogP contribution in [0.4, 0.5) is 0 Å². The molecule has 2 aromatic heterocycles. The fourth-order valence-corrected chi connectivity index (χ4v) is 1.87. The maximum atomic E-state index is 11.8. The molecule has 4 nitrogen and oxygen atoms in total. The number of nitrogens with zero attached hydrogens (tertiary/aromatic N) is 1. The lowest BCUT2D eigenvalue weighted by Gasteiger charge is -1.97. The van der Waals surface area contributed by atoms with E-state index in [1.165, 1.54) is 10.8 Å². The molecule has 1 N–H and O–H groups in total. The molecule has 80 valence electrons. The first-order valence-electron chi connectivity index (χ1n) is 4.70. The highest BCUT2D eigenvalue weighted by atomic mass is 35.5. The average molecular weight is 235 g/mol. The maximum Gasteiger partial charge on any atom is 0.333 e. The molecular weight excluding hydrogens is 228 g/mol. The third kappa shape index (κ3) is 1.27. The van der Waals surface area contributed by atoms with Gasteiger partial charge in [-0.3, -0.25) is 0 Å². The number of aromatic nitrogens is 2. The normalized spacial score (nSPS) is 11.1. The number of benzene rings is 1. The van der Waals surface area contributed by atoms with E-state index in [2.05, 4.69) is 4.98 Å². The van der Waals surface area contributed by atoms with Crippen molar-refractivity contribution in [2.75, 3.05) is 0 Å². The SMILES string of the molecule is O=c1[nH]c2cc(Cl)ccc2n1-c1ccco1. The summed E-state index contributed by atoms with van der Waals surface area (Å²) in [6, 6.07) is 8.67. The molecule has 0 unspecified atom stereocenters. The van der Waals surface area contributed by atoms with E-state index >= 15 is 0 Å². The molecule has 5 heteroatoms. The highest BCUT2D eigenvalue weighted by Crippen LogP contribution is 2.19. The zero-order valence-corrected chi connectivity index (χ0v) is 8.86. The summed E-state index contributed by atoms with van der Waals surface area (Å²) < 4.78 is 6.67. The summed E-state index contributed by atoms with van der Waals surface area (Å²) in [5.41, 5.74) is 1.19. The van der Waals surface area contributed by atoms with Crippen LogP contribution in [0.15, 0.2) is 45.8 Å². The van der Waals surface area contributed by atoms with Gasteiger partial charge < -0.3 is 9.40 Å². The van der Waals surface area contributed by atoms with Crippen LogP contribution in [-0.2, 0) is 0 Å². The average Bonchev–Trinajstić information content (AvgIpc) is 2.83. The molecule has 0 atom stereocenters. The van der Waals surface area contributed by atoms with E-state index in [0.717, 1.165) is 5.52 Å². The largest absolute Gasteiger partial charge is 0.448 e. The van der Waals surface area contributed by atoms with E-state index < -0.39 is 0 Å². The molecule has 0 amide bonds. The van der Waals surface area contributed by atoms with Crippen molar-refractivity contribution in [3.63, 3.8) is 0 Å². The van der Waals surface area contributed by atoms with Crippen LogP contribution in [0.2, 0.25) is 5.02 Å². The highest BCUT2D eigenvalue weighted by Gasteiger charge is 2.10. The number of halogens is 1. The quantitative estimate of drug-likeness (QED) is 0.704. The Balaban J connectivity index is 2.41. The van der Waals surface area contributed by atoms with Gasteiger partial charge in [-0.25, -0.2) is 9.36 Å². The molecular formula is C11H7ClN2O2. The van der Waals surface area contributed by atoms with Crippen LogP contribution in [0.5, 0.6) is 0 Å². The van der Waals surface area contributed by atoms with Gasteiger partial charge in [0.1, 0.15) is 0 Å². The Bertz CT molecular complexity index is 694. The van der Waals surface area contributed by atoms with Crippen LogP contribution in [0, 0.1) is 0 Å². The standard InChI is InChI=1S/C11H7ClN2O2/c12-7-3-4-9-8(6-7)13-11(15)14(9)10-2-1-5-16-10/h1-6H,(H,13,15). The van der Waals surface area contributed by atoms with E-state index in [1.807, 2.05) is 0 Å². The Morgan fingerprint density at radius 3 is 2.94 bits per heavy atom. The van der Waals surface area contributed by atoms with Gasteiger partial charge in [0, 0.05) is 11.1 Å². The summed E-state index contributed by atoms with van der Waals surface area (Å²) in [6.07, 6.45) is 1.52.